The van der Waals surface area contributed by atoms with E-state index in [1.54, 1.807) is 27.1 Å². The third-order valence-electron chi connectivity index (χ3n) is 4.03. The van der Waals surface area contributed by atoms with Crippen LogP contribution in [0, 0.1) is 0 Å². The minimum atomic E-state index is -0.859. The summed E-state index contributed by atoms with van der Waals surface area (Å²) in [4.78, 5) is 23.6. The van der Waals surface area contributed by atoms with E-state index in [-0.39, 0.29) is 36.0 Å². The van der Waals surface area contributed by atoms with Crippen LogP contribution in [0.3, 0.4) is 0 Å². The zero-order chi connectivity index (χ0) is 17.2. The number of aryl methyl sites for hydroxylation is 1. The van der Waals surface area contributed by atoms with Crippen LogP contribution >= 0.6 is 28.3 Å². The summed E-state index contributed by atoms with van der Waals surface area (Å²) in [7, 11) is 1.70. The van der Waals surface area contributed by atoms with Gasteiger partial charge in [0.2, 0.25) is 5.91 Å². The summed E-state index contributed by atoms with van der Waals surface area (Å²) in [5.74, 6) is 0.444. The fourth-order valence-corrected chi connectivity index (χ4v) is 3.06. The van der Waals surface area contributed by atoms with E-state index in [2.05, 4.69) is 21.2 Å². The Morgan fingerprint density at radius 3 is 2.50 bits per heavy atom. The van der Waals surface area contributed by atoms with E-state index < -0.39 is 5.54 Å². The first kappa shape index (κ1) is 21.0. The van der Waals surface area contributed by atoms with Crippen molar-refractivity contribution in [3.05, 3.63) is 27.1 Å². The molecule has 0 radical (unpaired) electrons. The van der Waals surface area contributed by atoms with Crippen LogP contribution in [0.5, 0.6) is 5.75 Å². The third kappa shape index (κ3) is 5.50. The summed E-state index contributed by atoms with van der Waals surface area (Å²) in [5, 5.41) is 2.99. The van der Waals surface area contributed by atoms with E-state index in [0.29, 0.717) is 5.75 Å². The number of nitrogens with one attached hydrogen (secondary N) is 1. The number of nitrogens with two attached hydrogens (primary N) is 1. The van der Waals surface area contributed by atoms with Gasteiger partial charge in [-0.05, 0) is 55.5 Å². The molecular weight excluding hydrogens is 398 g/mol. The highest BCUT2D eigenvalue weighted by atomic mass is 79.9. The summed E-state index contributed by atoms with van der Waals surface area (Å²) in [5.41, 5.74) is 4.83. The van der Waals surface area contributed by atoms with Gasteiger partial charge in [-0.25, -0.2) is 0 Å². The normalized spacial score (nSPS) is 20.9. The van der Waals surface area contributed by atoms with Gasteiger partial charge in [0.1, 0.15) is 5.75 Å². The lowest BCUT2D eigenvalue weighted by Crippen LogP contribution is -2.53. The molecule has 1 aromatic heterocycles. The Hall–Kier alpha value is -1.05. The summed E-state index contributed by atoms with van der Waals surface area (Å²) in [6.07, 6.45) is 5.10. The maximum absolute atomic E-state index is 11.9. The Bertz CT molecular complexity index is 634. The molecule has 1 saturated carbocycles. The first-order valence-corrected chi connectivity index (χ1v) is 8.59. The van der Waals surface area contributed by atoms with Gasteiger partial charge in [-0.15, -0.1) is 12.4 Å². The van der Waals surface area contributed by atoms with E-state index in [1.807, 2.05) is 0 Å². The van der Waals surface area contributed by atoms with Crippen molar-refractivity contribution < 1.29 is 9.53 Å². The molecular formula is C16H25BrClN3O3. The van der Waals surface area contributed by atoms with Crippen LogP contribution in [0.25, 0.3) is 0 Å². The Kier molecular flexibility index (Phi) is 7.31. The standard InChI is InChI=1S/C16H24BrN3O3.ClH/c1-16(2,18)15(22)19-10-4-6-11(7-5-10)23-13-8-14(21)20(3)9-12(13)17;/h8-11H,4-7,18H2,1-3H3,(H,19,22);1H/t10-,11-;. The maximum atomic E-state index is 11.9. The Balaban J connectivity index is 0.00000288. The zero-order valence-corrected chi connectivity index (χ0v) is 16.6. The van der Waals surface area contributed by atoms with Gasteiger partial charge in [0.15, 0.2) is 0 Å². The lowest BCUT2D eigenvalue weighted by molar-refractivity contribution is -0.126. The number of hydrogen-bond donors (Lipinski definition) is 2. The van der Waals surface area contributed by atoms with Gasteiger partial charge < -0.3 is 20.4 Å². The average molecular weight is 423 g/mol. The molecule has 0 spiro atoms. The molecule has 0 aromatic carbocycles. The first-order chi connectivity index (χ1) is 10.7. The van der Waals surface area contributed by atoms with Crippen LogP contribution < -0.4 is 21.3 Å². The predicted octanol–water partition coefficient (Wildman–Crippen LogP) is 2.11. The topological polar surface area (TPSA) is 86.3 Å². The van der Waals surface area contributed by atoms with Gasteiger partial charge in [0.25, 0.3) is 5.56 Å². The predicted molar refractivity (Wildman–Crippen MR) is 99.7 cm³/mol. The Labute approximate surface area is 156 Å². The van der Waals surface area contributed by atoms with Crippen molar-refractivity contribution in [3.63, 3.8) is 0 Å². The smallest absolute Gasteiger partial charge is 0.254 e. The van der Waals surface area contributed by atoms with E-state index in [4.69, 9.17) is 10.5 Å². The molecule has 136 valence electrons. The number of hydrogen-bond acceptors (Lipinski definition) is 4. The number of ether oxygens (including phenoxy) is 1. The number of rotatable bonds is 4. The van der Waals surface area contributed by atoms with Crippen molar-refractivity contribution in [1.29, 1.82) is 0 Å². The van der Waals surface area contributed by atoms with E-state index in [0.717, 1.165) is 30.2 Å². The van der Waals surface area contributed by atoms with E-state index >= 15 is 0 Å². The molecule has 0 aliphatic heterocycles. The molecule has 1 aliphatic rings. The number of aromatic nitrogens is 1. The number of halogens is 2. The third-order valence-corrected chi connectivity index (χ3v) is 4.63. The van der Waals surface area contributed by atoms with Crippen molar-refractivity contribution >= 4 is 34.2 Å². The molecule has 8 heteroatoms. The van der Waals surface area contributed by atoms with Crippen molar-refractivity contribution in [3.8, 4) is 5.75 Å². The van der Waals surface area contributed by atoms with Gasteiger partial charge in [-0.1, -0.05) is 0 Å². The molecule has 6 nitrogen and oxygen atoms in total. The molecule has 24 heavy (non-hydrogen) atoms. The van der Waals surface area contributed by atoms with Gasteiger partial charge >= 0.3 is 0 Å². The maximum Gasteiger partial charge on any atom is 0.254 e. The molecule has 0 saturated heterocycles. The molecule has 0 unspecified atom stereocenters. The highest BCUT2D eigenvalue weighted by molar-refractivity contribution is 9.10. The van der Waals surface area contributed by atoms with Crippen LogP contribution in [0.4, 0.5) is 0 Å². The lowest BCUT2D eigenvalue weighted by Gasteiger charge is -2.31. The number of carbonyl (C=O) groups is 1. The summed E-state index contributed by atoms with van der Waals surface area (Å²) >= 11 is 3.42. The van der Waals surface area contributed by atoms with Crippen molar-refractivity contribution in [1.82, 2.24) is 9.88 Å². The molecule has 1 fully saturated rings. The fraction of sp³-hybridized carbons (Fsp3) is 0.625. The average Bonchev–Trinajstić information content (AvgIpc) is 2.45. The van der Waals surface area contributed by atoms with Crippen molar-refractivity contribution in [2.45, 2.75) is 57.2 Å². The molecule has 1 amide bonds. The van der Waals surface area contributed by atoms with Crippen LogP contribution in [-0.4, -0.2) is 28.2 Å². The first-order valence-electron chi connectivity index (χ1n) is 7.79. The summed E-state index contributed by atoms with van der Waals surface area (Å²) in [6.45, 7) is 3.40. The minimum Gasteiger partial charge on any atom is -0.489 e. The molecule has 2 rings (SSSR count). The molecule has 1 aliphatic carbocycles. The summed E-state index contributed by atoms with van der Waals surface area (Å²) in [6, 6.07) is 1.63. The number of pyridine rings is 1. The monoisotopic (exact) mass is 421 g/mol. The molecule has 0 atom stereocenters. The number of nitrogens with zero attached hydrogens (tertiary/aromatic N) is 1. The second-order valence-corrected chi connectivity index (χ2v) is 7.58. The van der Waals surface area contributed by atoms with Gasteiger partial charge in [-0.2, -0.15) is 0 Å². The fourth-order valence-electron chi connectivity index (χ4n) is 2.55. The Morgan fingerprint density at radius 1 is 1.38 bits per heavy atom. The minimum absolute atomic E-state index is 0. The largest absolute Gasteiger partial charge is 0.489 e. The van der Waals surface area contributed by atoms with Crippen LogP contribution in [0.15, 0.2) is 21.5 Å². The van der Waals surface area contributed by atoms with Crippen molar-refractivity contribution in [2.75, 3.05) is 0 Å². The van der Waals surface area contributed by atoms with E-state index in [1.165, 1.54) is 10.6 Å². The molecule has 1 aromatic rings. The lowest BCUT2D eigenvalue weighted by atomic mass is 9.92. The van der Waals surface area contributed by atoms with Gasteiger partial charge in [-0.3, -0.25) is 9.59 Å². The van der Waals surface area contributed by atoms with Crippen molar-refractivity contribution in [2.24, 2.45) is 12.8 Å². The highest BCUT2D eigenvalue weighted by Crippen LogP contribution is 2.28. The summed E-state index contributed by atoms with van der Waals surface area (Å²) < 4.78 is 8.21. The highest BCUT2D eigenvalue weighted by Gasteiger charge is 2.28. The van der Waals surface area contributed by atoms with Gasteiger partial charge in [0, 0.05) is 25.4 Å². The van der Waals surface area contributed by atoms with E-state index in [9.17, 15) is 9.59 Å². The van der Waals surface area contributed by atoms with Gasteiger partial charge in [0.05, 0.1) is 16.1 Å². The molecule has 1 heterocycles. The number of amides is 1. The van der Waals surface area contributed by atoms with Crippen LogP contribution in [0.1, 0.15) is 39.5 Å². The molecule has 3 N–H and O–H groups in total. The van der Waals surface area contributed by atoms with Crippen LogP contribution in [0.2, 0.25) is 0 Å². The Morgan fingerprint density at radius 2 is 1.96 bits per heavy atom. The molecule has 0 bridgehead atoms. The zero-order valence-electron chi connectivity index (χ0n) is 14.2. The quantitative estimate of drug-likeness (QED) is 0.778. The number of carbonyl (C=O) groups excluding carboxylic acids is 1. The second-order valence-electron chi connectivity index (χ2n) is 6.72. The SMILES string of the molecule is Cl.Cn1cc(Br)c(O[C@H]2CC[C@H](NC(=O)C(C)(C)N)CC2)cc1=O. The second kappa shape index (κ2) is 8.36. The van der Waals surface area contributed by atoms with Crippen LogP contribution in [-0.2, 0) is 11.8 Å².